The van der Waals surface area contributed by atoms with Gasteiger partial charge in [0.15, 0.2) is 5.82 Å². The Balaban J connectivity index is 0.00000549. The molecule has 2 aromatic heterocycles. The molecule has 57 heavy (non-hydrogen) atoms. The summed E-state index contributed by atoms with van der Waals surface area (Å²) in [5.74, 6) is 1.54. The fraction of sp³-hybridized carbons (Fsp3) is 0.366. The number of nitrogens with two attached hydrogens (primary N) is 1. The fourth-order valence-electron chi connectivity index (χ4n) is 7.51. The van der Waals surface area contributed by atoms with Crippen molar-refractivity contribution in [2.45, 2.75) is 38.3 Å². The first-order valence-electron chi connectivity index (χ1n) is 18.9. The molecule has 1 atom stereocenters. The Bertz CT molecular complexity index is 2200. The van der Waals surface area contributed by atoms with Crippen molar-refractivity contribution in [3.8, 4) is 16.2 Å². The maximum atomic E-state index is 13.3. The third-order valence-electron chi connectivity index (χ3n) is 10.7. The fourth-order valence-corrected chi connectivity index (χ4v) is 9.62. The summed E-state index contributed by atoms with van der Waals surface area (Å²) >= 11 is 8.10. The van der Waals surface area contributed by atoms with Crippen molar-refractivity contribution in [2.75, 3.05) is 75.2 Å². The monoisotopic (exact) mass is 849 g/mol. The van der Waals surface area contributed by atoms with Crippen LogP contribution >= 0.6 is 42.5 Å². The Morgan fingerprint density at radius 1 is 0.982 bits per heavy atom. The van der Waals surface area contributed by atoms with Crippen LogP contribution in [0.1, 0.15) is 36.6 Å². The van der Waals surface area contributed by atoms with E-state index in [1.54, 1.807) is 31.8 Å². The van der Waals surface area contributed by atoms with E-state index in [2.05, 4.69) is 53.6 Å². The zero-order valence-electron chi connectivity index (χ0n) is 32.7. The Hall–Kier alpha value is -4.23. The number of hydrogen-bond acceptors (Lipinski definition) is 12. The molecule has 2 aliphatic rings. The van der Waals surface area contributed by atoms with Crippen molar-refractivity contribution >= 4 is 82.5 Å². The molecule has 12 nitrogen and oxygen atoms in total. The summed E-state index contributed by atoms with van der Waals surface area (Å²) in [6.45, 7) is 10.5. The summed E-state index contributed by atoms with van der Waals surface area (Å²) in [7, 11) is -0.893. The van der Waals surface area contributed by atoms with Crippen molar-refractivity contribution in [1.29, 1.82) is 0 Å². The first-order valence-corrected chi connectivity index (χ1v) is 22.7. The van der Waals surface area contributed by atoms with Gasteiger partial charge in [-0.2, -0.15) is 4.98 Å². The standard InChI is InChI=1S/C41H49ClN9O3PS.ClH/c1-27-39(56-26-45-27)29-11-9-28(10-12-29)33(43)24-38(52)51-21-19-50(20-22-51)30-15-17-49(18-16-30)31-13-14-34(36(23-31)54-2)47-41-44-25-32(42)40(48-41)46-35-7-5-6-8-37(35)55(3,4)53;/h5-14,23,25-26,30,33H,15-22,24,43H2,1-4H3,(H2,44,46,47,48);1H. The van der Waals surface area contributed by atoms with Gasteiger partial charge in [-0.15, -0.1) is 23.7 Å². The maximum Gasteiger partial charge on any atom is 0.229 e. The van der Waals surface area contributed by atoms with E-state index in [-0.39, 0.29) is 24.4 Å². The van der Waals surface area contributed by atoms with Crippen LogP contribution in [0.15, 0.2) is 78.4 Å². The largest absolute Gasteiger partial charge is 0.494 e. The number of benzene rings is 3. The minimum absolute atomic E-state index is 0. The number of methoxy groups -OCH3 is 1. The van der Waals surface area contributed by atoms with Gasteiger partial charge in [0.1, 0.15) is 17.9 Å². The number of para-hydroxylation sites is 1. The summed E-state index contributed by atoms with van der Waals surface area (Å²) in [6.07, 6.45) is 3.92. The molecule has 7 rings (SSSR count). The maximum absolute atomic E-state index is 13.3. The van der Waals surface area contributed by atoms with Crippen LogP contribution in [0.4, 0.5) is 28.8 Å². The number of halogens is 2. The van der Waals surface area contributed by atoms with Gasteiger partial charge in [0.05, 0.1) is 40.8 Å². The average molecular weight is 851 g/mol. The van der Waals surface area contributed by atoms with Crippen molar-refractivity contribution < 1.29 is 14.1 Å². The van der Waals surface area contributed by atoms with Gasteiger partial charge in [-0.3, -0.25) is 9.69 Å². The molecule has 4 N–H and O–H groups in total. The molecule has 0 saturated carbocycles. The molecular weight excluding hydrogens is 800 g/mol. The van der Waals surface area contributed by atoms with Gasteiger partial charge < -0.3 is 35.5 Å². The molecule has 2 aliphatic heterocycles. The minimum atomic E-state index is -2.54. The minimum Gasteiger partial charge on any atom is -0.494 e. The van der Waals surface area contributed by atoms with Crippen LogP contribution in [0.2, 0.25) is 5.02 Å². The first kappa shape index (κ1) is 42.4. The van der Waals surface area contributed by atoms with Crippen LogP contribution in [0, 0.1) is 6.92 Å². The SMILES string of the molecule is COc1cc(N2CCC(N3CCN(C(=O)CC(N)c4ccc(-c5scnc5C)cc4)CC3)CC2)ccc1Nc1ncc(Cl)c(Nc2ccccc2P(C)(C)=O)n1.Cl. The Morgan fingerprint density at radius 3 is 2.37 bits per heavy atom. The summed E-state index contributed by atoms with van der Waals surface area (Å²) in [5, 5.41) is 7.59. The van der Waals surface area contributed by atoms with E-state index in [1.165, 1.54) is 6.20 Å². The van der Waals surface area contributed by atoms with Crippen molar-refractivity contribution in [3.63, 3.8) is 0 Å². The number of anilines is 5. The number of rotatable bonds is 12. The van der Waals surface area contributed by atoms with E-state index >= 15 is 0 Å². The molecule has 0 radical (unpaired) electrons. The first-order chi connectivity index (χ1) is 27.0. The molecule has 0 aliphatic carbocycles. The molecule has 16 heteroatoms. The van der Waals surface area contributed by atoms with E-state index in [0.717, 1.165) is 90.5 Å². The van der Waals surface area contributed by atoms with E-state index in [4.69, 9.17) is 22.1 Å². The summed E-state index contributed by atoms with van der Waals surface area (Å²) < 4.78 is 18.7. The van der Waals surface area contributed by atoms with Crippen LogP contribution < -0.4 is 31.3 Å². The number of nitrogens with one attached hydrogen (secondary N) is 2. The quantitative estimate of drug-likeness (QED) is 0.105. The van der Waals surface area contributed by atoms with E-state index in [1.807, 2.05) is 65.9 Å². The zero-order chi connectivity index (χ0) is 39.4. The number of carbonyl (C=O) groups excluding carboxylic acids is 1. The number of aromatic nitrogens is 3. The molecule has 5 aromatic rings. The second-order valence-corrected chi connectivity index (χ2v) is 19.2. The highest BCUT2D eigenvalue weighted by molar-refractivity contribution is 7.70. The molecule has 1 unspecified atom stereocenters. The topological polar surface area (TPSA) is 142 Å². The van der Waals surface area contributed by atoms with Gasteiger partial charge >= 0.3 is 0 Å². The van der Waals surface area contributed by atoms with Gasteiger partial charge in [0.2, 0.25) is 11.9 Å². The Kier molecular flexibility index (Phi) is 13.8. The number of piperidine rings is 1. The second-order valence-electron chi connectivity index (χ2n) is 14.7. The van der Waals surface area contributed by atoms with Crippen LogP contribution in [-0.2, 0) is 9.36 Å². The summed E-state index contributed by atoms with van der Waals surface area (Å²) in [5.41, 5.74) is 14.0. The number of amides is 1. The van der Waals surface area contributed by atoms with Crippen LogP contribution in [0.3, 0.4) is 0 Å². The number of carbonyl (C=O) groups is 1. The van der Waals surface area contributed by atoms with E-state index in [0.29, 0.717) is 40.7 Å². The lowest BCUT2D eigenvalue weighted by atomic mass is 10.0. The Morgan fingerprint density at radius 2 is 1.70 bits per heavy atom. The smallest absolute Gasteiger partial charge is 0.229 e. The van der Waals surface area contributed by atoms with Gasteiger partial charge in [0.25, 0.3) is 0 Å². The van der Waals surface area contributed by atoms with Gasteiger partial charge in [-0.1, -0.05) is 48.0 Å². The molecule has 3 aromatic carbocycles. The normalized spacial score (nSPS) is 15.8. The highest BCUT2D eigenvalue weighted by Crippen LogP contribution is 2.39. The molecule has 2 saturated heterocycles. The highest BCUT2D eigenvalue weighted by Gasteiger charge is 2.30. The van der Waals surface area contributed by atoms with Crippen LogP contribution in [0.25, 0.3) is 10.4 Å². The van der Waals surface area contributed by atoms with E-state index in [9.17, 15) is 9.36 Å². The van der Waals surface area contributed by atoms with Gasteiger partial charge in [-0.25, -0.2) is 9.97 Å². The molecule has 0 spiro atoms. The third-order valence-corrected chi connectivity index (χ3v) is 13.5. The summed E-state index contributed by atoms with van der Waals surface area (Å²) in [6, 6.07) is 21.9. The molecule has 1 amide bonds. The van der Waals surface area contributed by atoms with Gasteiger partial charge in [-0.05, 0) is 68.5 Å². The molecule has 2 fully saturated rings. The van der Waals surface area contributed by atoms with Crippen molar-refractivity contribution in [1.82, 2.24) is 24.8 Å². The number of hydrogen-bond donors (Lipinski definition) is 3. The number of thiazole rings is 1. The highest BCUT2D eigenvalue weighted by atomic mass is 35.5. The number of aryl methyl sites for hydroxylation is 1. The van der Waals surface area contributed by atoms with Gasteiger partial charge in [0, 0.05) is 74.8 Å². The lowest BCUT2D eigenvalue weighted by Crippen LogP contribution is -2.54. The lowest BCUT2D eigenvalue weighted by molar-refractivity contribution is -0.133. The molecular formula is C41H50Cl2N9O3PS. The Labute approximate surface area is 350 Å². The predicted octanol–water partition coefficient (Wildman–Crippen LogP) is 7.93. The molecule has 0 bridgehead atoms. The zero-order valence-corrected chi connectivity index (χ0v) is 35.9. The molecule has 4 heterocycles. The molecule has 302 valence electrons. The van der Waals surface area contributed by atoms with Crippen molar-refractivity contribution in [2.24, 2.45) is 5.73 Å². The summed E-state index contributed by atoms with van der Waals surface area (Å²) in [4.78, 5) is 34.7. The van der Waals surface area contributed by atoms with Crippen LogP contribution in [0.5, 0.6) is 5.75 Å². The van der Waals surface area contributed by atoms with E-state index < -0.39 is 7.14 Å². The van der Waals surface area contributed by atoms with Crippen molar-refractivity contribution in [3.05, 3.63) is 94.7 Å². The second kappa shape index (κ2) is 18.6. The average Bonchev–Trinajstić information content (AvgIpc) is 3.64. The third kappa shape index (κ3) is 10.1. The lowest BCUT2D eigenvalue weighted by Gasteiger charge is -2.43. The van der Waals surface area contributed by atoms with Crippen LogP contribution in [-0.4, -0.2) is 96.4 Å². The number of ether oxygens (including phenoxy) is 1. The number of nitrogens with zero attached hydrogens (tertiary/aromatic N) is 6. The number of piperazine rings is 1. The predicted molar refractivity (Wildman–Crippen MR) is 237 cm³/mol.